The van der Waals surface area contributed by atoms with Gasteiger partial charge in [0, 0.05) is 16.9 Å². The average molecular weight is 322 g/mol. The molecule has 0 saturated carbocycles. The Labute approximate surface area is 122 Å². The molecule has 0 saturated heterocycles. The smallest absolute Gasteiger partial charge is 0.123 e. The molecule has 1 nitrogen and oxygen atoms in total. The molecular formula is C16H17BrFN. The minimum absolute atomic E-state index is 0.171. The van der Waals surface area contributed by atoms with E-state index in [0.717, 1.165) is 23.0 Å². The lowest BCUT2D eigenvalue weighted by Gasteiger charge is -2.17. The fraction of sp³-hybridized carbons (Fsp3) is 0.250. The van der Waals surface area contributed by atoms with Gasteiger partial charge in [-0.2, -0.15) is 0 Å². The van der Waals surface area contributed by atoms with E-state index in [-0.39, 0.29) is 5.82 Å². The van der Waals surface area contributed by atoms with Gasteiger partial charge in [-0.05, 0) is 48.9 Å². The second-order valence-corrected chi connectivity index (χ2v) is 5.56. The van der Waals surface area contributed by atoms with E-state index < -0.39 is 0 Å². The summed E-state index contributed by atoms with van der Waals surface area (Å²) in [6.07, 6.45) is 0.828. The highest BCUT2D eigenvalue weighted by molar-refractivity contribution is 9.10. The predicted molar refractivity (Wildman–Crippen MR) is 80.9 cm³/mol. The molecule has 0 fully saturated rings. The van der Waals surface area contributed by atoms with Crippen molar-refractivity contribution in [3.63, 3.8) is 0 Å². The minimum Gasteiger partial charge on any atom is -0.319 e. The summed E-state index contributed by atoms with van der Waals surface area (Å²) >= 11 is 3.50. The van der Waals surface area contributed by atoms with Crippen LogP contribution in [0.5, 0.6) is 0 Å². The second-order valence-electron chi connectivity index (χ2n) is 4.64. The maximum Gasteiger partial charge on any atom is 0.123 e. The maximum absolute atomic E-state index is 13.2. The number of hydrogen-bond acceptors (Lipinski definition) is 1. The standard InChI is InChI=1S/C16H17BrFN/c1-19-11-14(13-5-3-6-15(17)10-13)8-12-4-2-7-16(18)9-12/h2-7,9-10,14,19H,8,11H2,1H3. The van der Waals surface area contributed by atoms with Crippen LogP contribution in [0.15, 0.2) is 53.0 Å². The average Bonchev–Trinajstić information content (AvgIpc) is 2.38. The quantitative estimate of drug-likeness (QED) is 0.873. The van der Waals surface area contributed by atoms with Crippen molar-refractivity contribution < 1.29 is 4.39 Å². The molecule has 0 aromatic heterocycles. The summed E-state index contributed by atoms with van der Waals surface area (Å²) in [6, 6.07) is 15.1. The van der Waals surface area contributed by atoms with Crippen molar-refractivity contribution in [3.05, 3.63) is 69.9 Å². The molecule has 2 aromatic rings. The number of benzene rings is 2. The van der Waals surface area contributed by atoms with Crippen molar-refractivity contribution in [2.24, 2.45) is 0 Å². The molecule has 0 amide bonds. The first-order valence-corrected chi connectivity index (χ1v) is 7.13. The summed E-state index contributed by atoms with van der Waals surface area (Å²) in [6.45, 7) is 0.868. The van der Waals surface area contributed by atoms with Gasteiger partial charge in [0.1, 0.15) is 5.82 Å². The van der Waals surface area contributed by atoms with E-state index >= 15 is 0 Å². The molecule has 0 aliphatic rings. The number of likely N-dealkylation sites (N-methyl/N-ethyl adjacent to an activating group) is 1. The lowest BCUT2D eigenvalue weighted by Crippen LogP contribution is -2.19. The van der Waals surface area contributed by atoms with E-state index in [0.29, 0.717) is 5.92 Å². The fourth-order valence-corrected chi connectivity index (χ4v) is 2.68. The Morgan fingerprint density at radius 1 is 1.16 bits per heavy atom. The summed E-state index contributed by atoms with van der Waals surface area (Å²) in [4.78, 5) is 0. The van der Waals surface area contributed by atoms with Crippen LogP contribution >= 0.6 is 15.9 Å². The minimum atomic E-state index is -0.171. The van der Waals surface area contributed by atoms with Crippen LogP contribution in [0.3, 0.4) is 0 Å². The molecule has 0 bridgehead atoms. The molecule has 1 N–H and O–H groups in total. The Morgan fingerprint density at radius 3 is 2.63 bits per heavy atom. The van der Waals surface area contributed by atoms with E-state index in [1.165, 1.54) is 11.6 Å². The van der Waals surface area contributed by atoms with Gasteiger partial charge in [-0.1, -0.05) is 40.2 Å². The van der Waals surface area contributed by atoms with Crippen molar-refractivity contribution in [1.29, 1.82) is 0 Å². The number of halogens is 2. The SMILES string of the molecule is CNCC(Cc1cccc(F)c1)c1cccc(Br)c1. The number of hydrogen-bond donors (Lipinski definition) is 1. The van der Waals surface area contributed by atoms with Crippen molar-refractivity contribution in [3.8, 4) is 0 Å². The largest absolute Gasteiger partial charge is 0.319 e. The summed E-state index contributed by atoms with van der Waals surface area (Å²) in [7, 11) is 1.94. The third kappa shape index (κ3) is 4.15. The monoisotopic (exact) mass is 321 g/mol. The molecule has 0 aliphatic carbocycles. The Morgan fingerprint density at radius 2 is 1.95 bits per heavy atom. The van der Waals surface area contributed by atoms with Gasteiger partial charge in [0.2, 0.25) is 0 Å². The zero-order valence-electron chi connectivity index (χ0n) is 10.9. The maximum atomic E-state index is 13.2. The highest BCUT2D eigenvalue weighted by Gasteiger charge is 2.12. The first kappa shape index (κ1) is 14.2. The molecule has 2 aromatic carbocycles. The first-order chi connectivity index (χ1) is 9.19. The molecule has 1 atom stereocenters. The Hall–Kier alpha value is -1.19. The zero-order chi connectivity index (χ0) is 13.7. The third-order valence-electron chi connectivity index (χ3n) is 3.14. The molecule has 19 heavy (non-hydrogen) atoms. The lowest BCUT2D eigenvalue weighted by molar-refractivity contribution is 0.608. The van der Waals surface area contributed by atoms with Gasteiger partial charge in [-0.25, -0.2) is 4.39 Å². The van der Waals surface area contributed by atoms with Gasteiger partial charge in [0.25, 0.3) is 0 Å². The van der Waals surface area contributed by atoms with Crippen molar-refractivity contribution in [2.75, 3.05) is 13.6 Å². The van der Waals surface area contributed by atoms with Crippen LogP contribution in [0.1, 0.15) is 17.0 Å². The molecule has 0 aliphatic heterocycles. The molecule has 0 heterocycles. The second kappa shape index (κ2) is 6.83. The Bertz CT molecular complexity index is 542. The molecule has 2 rings (SSSR count). The van der Waals surface area contributed by atoms with Crippen LogP contribution < -0.4 is 5.32 Å². The lowest BCUT2D eigenvalue weighted by atomic mass is 9.92. The van der Waals surface area contributed by atoms with Crippen LogP contribution in [-0.4, -0.2) is 13.6 Å². The van der Waals surface area contributed by atoms with Crippen molar-refractivity contribution >= 4 is 15.9 Å². The van der Waals surface area contributed by atoms with Crippen LogP contribution in [-0.2, 0) is 6.42 Å². The van der Waals surface area contributed by atoms with E-state index in [2.05, 4.69) is 33.4 Å². The van der Waals surface area contributed by atoms with E-state index in [9.17, 15) is 4.39 Å². The van der Waals surface area contributed by atoms with Gasteiger partial charge in [0.15, 0.2) is 0 Å². The van der Waals surface area contributed by atoms with Crippen LogP contribution in [0.4, 0.5) is 4.39 Å². The Balaban J connectivity index is 2.21. The topological polar surface area (TPSA) is 12.0 Å². The fourth-order valence-electron chi connectivity index (χ4n) is 2.26. The van der Waals surface area contributed by atoms with Crippen LogP contribution in [0.2, 0.25) is 0 Å². The number of rotatable bonds is 5. The van der Waals surface area contributed by atoms with Crippen molar-refractivity contribution in [2.45, 2.75) is 12.3 Å². The molecule has 100 valence electrons. The zero-order valence-corrected chi connectivity index (χ0v) is 12.5. The summed E-state index contributed by atoms with van der Waals surface area (Å²) in [5, 5.41) is 3.21. The first-order valence-electron chi connectivity index (χ1n) is 6.33. The summed E-state index contributed by atoms with van der Waals surface area (Å²) in [5.41, 5.74) is 2.29. The van der Waals surface area contributed by atoms with Gasteiger partial charge in [-0.15, -0.1) is 0 Å². The van der Waals surface area contributed by atoms with Gasteiger partial charge >= 0.3 is 0 Å². The van der Waals surface area contributed by atoms with E-state index in [1.54, 1.807) is 12.1 Å². The van der Waals surface area contributed by atoms with Gasteiger partial charge in [-0.3, -0.25) is 0 Å². The molecule has 0 spiro atoms. The highest BCUT2D eigenvalue weighted by atomic mass is 79.9. The molecule has 1 unspecified atom stereocenters. The Kier molecular flexibility index (Phi) is 5.11. The predicted octanol–water partition coefficient (Wildman–Crippen LogP) is 4.13. The van der Waals surface area contributed by atoms with Gasteiger partial charge < -0.3 is 5.32 Å². The summed E-state index contributed by atoms with van der Waals surface area (Å²) in [5.74, 6) is 0.166. The van der Waals surface area contributed by atoms with Crippen molar-refractivity contribution in [1.82, 2.24) is 5.32 Å². The van der Waals surface area contributed by atoms with E-state index in [4.69, 9.17) is 0 Å². The summed E-state index contributed by atoms with van der Waals surface area (Å²) < 4.78 is 14.3. The van der Waals surface area contributed by atoms with Crippen LogP contribution in [0.25, 0.3) is 0 Å². The van der Waals surface area contributed by atoms with Crippen LogP contribution in [0, 0.1) is 5.82 Å². The molecule has 0 radical (unpaired) electrons. The van der Waals surface area contributed by atoms with E-state index in [1.807, 2.05) is 25.2 Å². The third-order valence-corrected chi connectivity index (χ3v) is 3.63. The normalized spacial score (nSPS) is 12.4. The number of nitrogens with one attached hydrogen (secondary N) is 1. The van der Waals surface area contributed by atoms with Gasteiger partial charge in [0.05, 0.1) is 0 Å². The molecule has 3 heteroatoms. The highest BCUT2D eigenvalue weighted by Crippen LogP contribution is 2.23. The molecular weight excluding hydrogens is 305 g/mol.